The van der Waals surface area contributed by atoms with Crippen molar-refractivity contribution in [3.05, 3.63) is 24.6 Å². The zero-order valence-corrected chi connectivity index (χ0v) is 5.60. The van der Waals surface area contributed by atoms with Crippen LogP contribution in [0.3, 0.4) is 0 Å². The van der Waals surface area contributed by atoms with Crippen molar-refractivity contribution in [2.75, 3.05) is 0 Å². The predicted molar refractivity (Wildman–Crippen MR) is 37.7 cm³/mol. The van der Waals surface area contributed by atoms with E-state index in [1.54, 1.807) is 0 Å². The number of nitrogens with two attached hydrogens (primary N) is 1. The van der Waals surface area contributed by atoms with Crippen LogP contribution in [0.4, 0.5) is 4.39 Å². The molecule has 0 saturated carbocycles. The average molecular weight is 129 g/mol. The van der Waals surface area contributed by atoms with E-state index in [0.717, 1.165) is 0 Å². The zero-order valence-electron chi connectivity index (χ0n) is 5.60. The first-order valence-corrected chi connectivity index (χ1v) is 2.89. The fourth-order valence-corrected chi connectivity index (χ4v) is 0.411. The van der Waals surface area contributed by atoms with Gasteiger partial charge in [-0.2, -0.15) is 0 Å². The van der Waals surface area contributed by atoms with E-state index >= 15 is 0 Å². The molecule has 0 aliphatic rings. The number of allylic oxidation sites excluding steroid dienone is 1. The molecule has 0 aliphatic carbocycles. The fraction of sp³-hybridized carbons (Fsp3) is 0.429. The van der Waals surface area contributed by atoms with Crippen molar-refractivity contribution in [3.63, 3.8) is 0 Å². The van der Waals surface area contributed by atoms with Crippen molar-refractivity contribution in [2.45, 2.75) is 19.4 Å². The Hall–Kier alpha value is -0.630. The second-order valence-electron chi connectivity index (χ2n) is 1.86. The lowest BCUT2D eigenvalue weighted by atomic mass is 10.2. The molecule has 0 aromatic heterocycles. The van der Waals surface area contributed by atoms with Crippen molar-refractivity contribution >= 4 is 0 Å². The molecule has 0 spiro atoms. The van der Waals surface area contributed by atoms with Crippen molar-refractivity contribution in [2.24, 2.45) is 5.73 Å². The minimum absolute atomic E-state index is 0.451. The van der Waals surface area contributed by atoms with Gasteiger partial charge in [0.1, 0.15) is 5.83 Å². The van der Waals surface area contributed by atoms with Crippen molar-refractivity contribution in [1.82, 2.24) is 0 Å². The van der Waals surface area contributed by atoms with Crippen LogP contribution in [0.1, 0.15) is 13.3 Å². The molecule has 1 atom stereocenters. The topological polar surface area (TPSA) is 26.0 Å². The molecule has 0 amide bonds. The third-order valence-corrected chi connectivity index (χ3v) is 1.03. The van der Waals surface area contributed by atoms with E-state index in [2.05, 4.69) is 6.58 Å². The maximum Gasteiger partial charge on any atom is 0.110 e. The van der Waals surface area contributed by atoms with Gasteiger partial charge in [-0.15, -0.1) is 0 Å². The molecule has 0 aromatic rings. The maximum absolute atomic E-state index is 12.1. The normalized spacial score (nSPS) is 14.1. The van der Waals surface area contributed by atoms with Gasteiger partial charge in [0, 0.05) is 0 Å². The molecule has 0 aromatic carbocycles. The molecule has 9 heavy (non-hydrogen) atoms. The minimum Gasteiger partial charge on any atom is -0.322 e. The van der Waals surface area contributed by atoms with Gasteiger partial charge in [0.2, 0.25) is 0 Å². The Morgan fingerprint density at radius 3 is 2.78 bits per heavy atom. The maximum atomic E-state index is 12.1. The number of hydrogen-bond acceptors (Lipinski definition) is 1. The highest BCUT2D eigenvalue weighted by Crippen LogP contribution is 2.01. The Labute approximate surface area is 55.1 Å². The van der Waals surface area contributed by atoms with Gasteiger partial charge in [0.05, 0.1) is 6.04 Å². The quantitative estimate of drug-likeness (QED) is 0.577. The summed E-state index contributed by atoms with van der Waals surface area (Å²) >= 11 is 0. The monoisotopic (exact) mass is 129 g/mol. The van der Waals surface area contributed by atoms with Crippen LogP contribution < -0.4 is 5.73 Å². The number of hydrogen-bond donors (Lipinski definition) is 1. The van der Waals surface area contributed by atoms with Gasteiger partial charge in [-0.1, -0.05) is 18.7 Å². The predicted octanol–water partition coefficient (Wildman–Crippen LogP) is 1.76. The summed E-state index contributed by atoms with van der Waals surface area (Å²) in [4.78, 5) is 0. The van der Waals surface area contributed by atoms with E-state index in [4.69, 9.17) is 5.73 Å². The Bertz CT molecular complexity index is 118. The summed E-state index contributed by atoms with van der Waals surface area (Å²) in [5.74, 6) is -0.451. The van der Waals surface area contributed by atoms with E-state index in [9.17, 15) is 4.39 Å². The lowest BCUT2D eigenvalue weighted by Gasteiger charge is -2.02. The first-order valence-electron chi connectivity index (χ1n) is 2.89. The van der Waals surface area contributed by atoms with E-state index in [-0.39, 0.29) is 0 Å². The third kappa shape index (κ3) is 3.91. The molecular weight excluding hydrogens is 117 g/mol. The highest BCUT2D eigenvalue weighted by Gasteiger charge is 2.01. The summed E-state index contributed by atoms with van der Waals surface area (Å²) in [6.45, 7) is 4.95. The second-order valence-corrected chi connectivity index (χ2v) is 1.86. The van der Waals surface area contributed by atoms with Crippen LogP contribution >= 0.6 is 0 Å². The van der Waals surface area contributed by atoms with Gasteiger partial charge in [-0.05, 0) is 13.3 Å². The number of halogens is 1. The molecule has 2 heteroatoms. The van der Waals surface area contributed by atoms with E-state index in [1.807, 2.05) is 19.1 Å². The van der Waals surface area contributed by atoms with Gasteiger partial charge >= 0.3 is 0 Å². The fourth-order valence-electron chi connectivity index (χ4n) is 0.411. The smallest absolute Gasteiger partial charge is 0.110 e. The lowest BCUT2D eigenvalue weighted by molar-refractivity contribution is 0.546. The standard InChI is InChI=1S/C7H12FN/c1-3-4-5-7(9)6(2)8/h3-4,7H,2,5,9H2,1H3/b4-3-. The first kappa shape index (κ1) is 8.37. The van der Waals surface area contributed by atoms with Gasteiger partial charge in [-0.3, -0.25) is 0 Å². The summed E-state index contributed by atoms with van der Waals surface area (Å²) in [5.41, 5.74) is 5.28. The van der Waals surface area contributed by atoms with Gasteiger partial charge in [0.25, 0.3) is 0 Å². The molecule has 0 saturated heterocycles. The van der Waals surface area contributed by atoms with Crippen molar-refractivity contribution < 1.29 is 4.39 Å². The summed E-state index contributed by atoms with van der Waals surface area (Å²) in [7, 11) is 0. The molecule has 0 radical (unpaired) electrons. The third-order valence-electron chi connectivity index (χ3n) is 1.03. The van der Waals surface area contributed by atoms with Crippen LogP contribution in [0.15, 0.2) is 24.6 Å². The summed E-state index contributed by atoms with van der Waals surface area (Å²) in [6.07, 6.45) is 4.18. The lowest BCUT2D eigenvalue weighted by Crippen LogP contribution is -2.18. The molecule has 0 fully saturated rings. The van der Waals surface area contributed by atoms with Crippen molar-refractivity contribution in [3.8, 4) is 0 Å². The van der Waals surface area contributed by atoms with Gasteiger partial charge in [0.15, 0.2) is 0 Å². The van der Waals surface area contributed by atoms with E-state index in [0.29, 0.717) is 6.42 Å². The second kappa shape index (κ2) is 4.27. The number of rotatable bonds is 3. The van der Waals surface area contributed by atoms with Gasteiger partial charge in [-0.25, -0.2) is 4.39 Å². The summed E-state index contributed by atoms with van der Waals surface area (Å²) in [5, 5.41) is 0. The van der Waals surface area contributed by atoms with Crippen molar-refractivity contribution in [1.29, 1.82) is 0 Å². The molecule has 0 aliphatic heterocycles. The van der Waals surface area contributed by atoms with E-state index < -0.39 is 11.9 Å². The SMILES string of the molecule is C=C(F)C(N)C/C=C\C. The molecule has 0 rings (SSSR count). The zero-order chi connectivity index (χ0) is 7.28. The largest absolute Gasteiger partial charge is 0.322 e. The molecule has 2 N–H and O–H groups in total. The molecule has 1 nitrogen and oxygen atoms in total. The van der Waals surface area contributed by atoms with Gasteiger partial charge < -0.3 is 5.73 Å². The van der Waals surface area contributed by atoms with Crippen LogP contribution in [0.5, 0.6) is 0 Å². The summed E-state index contributed by atoms with van der Waals surface area (Å²) in [6, 6.07) is -0.527. The minimum atomic E-state index is -0.527. The Morgan fingerprint density at radius 2 is 2.44 bits per heavy atom. The highest BCUT2D eigenvalue weighted by atomic mass is 19.1. The molecular formula is C7H12FN. The average Bonchev–Trinajstić information content (AvgIpc) is 1.82. The van der Waals surface area contributed by atoms with Crippen LogP contribution in [0.2, 0.25) is 0 Å². The Balaban J connectivity index is 3.50. The molecule has 0 heterocycles. The Morgan fingerprint density at radius 1 is 1.89 bits per heavy atom. The van der Waals surface area contributed by atoms with E-state index in [1.165, 1.54) is 0 Å². The molecule has 0 bridgehead atoms. The first-order chi connectivity index (χ1) is 4.18. The van der Waals surface area contributed by atoms with Crippen LogP contribution in [0.25, 0.3) is 0 Å². The highest BCUT2D eigenvalue weighted by molar-refractivity contribution is 4.97. The summed E-state index contributed by atoms with van der Waals surface area (Å²) < 4.78 is 12.1. The van der Waals surface area contributed by atoms with Crippen LogP contribution in [-0.2, 0) is 0 Å². The molecule has 1 unspecified atom stereocenters. The van der Waals surface area contributed by atoms with Crippen LogP contribution in [-0.4, -0.2) is 6.04 Å². The van der Waals surface area contributed by atoms with Crippen LogP contribution in [0, 0.1) is 0 Å². The Kier molecular flexibility index (Phi) is 3.97. The molecule has 52 valence electrons.